The van der Waals surface area contributed by atoms with Crippen LogP contribution in [0.2, 0.25) is 0 Å². The zero-order chi connectivity index (χ0) is 21.4. The van der Waals surface area contributed by atoms with E-state index in [1.165, 1.54) is 6.07 Å². The lowest BCUT2D eigenvalue weighted by atomic mass is 9.96. The molecule has 1 aromatic carbocycles. The molecule has 1 heterocycles. The summed E-state index contributed by atoms with van der Waals surface area (Å²) in [5, 5.41) is 16.2. The predicted octanol–water partition coefficient (Wildman–Crippen LogP) is 0.995. The van der Waals surface area contributed by atoms with Crippen LogP contribution in [0.15, 0.2) is 24.3 Å². The van der Waals surface area contributed by atoms with Crippen molar-refractivity contribution >= 4 is 29.2 Å². The SMILES string of the molecule is CCNC(=O)[C@H](C)NC(=O)COC(=O)C1CCN(c2ccccc2[N+](=O)[O-])CC1. The van der Waals surface area contributed by atoms with Crippen LogP contribution in [0.1, 0.15) is 26.7 Å². The lowest BCUT2D eigenvalue weighted by molar-refractivity contribution is -0.384. The van der Waals surface area contributed by atoms with Crippen LogP contribution in [0.25, 0.3) is 0 Å². The first-order valence-corrected chi connectivity index (χ1v) is 9.55. The molecule has 0 aromatic heterocycles. The van der Waals surface area contributed by atoms with Gasteiger partial charge in [0.1, 0.15) is 11.7 Å². The van der Waals surface area contributed by atoms with Crippen LogP contribution in [0.4, 0.5) is 11.4 Å². The van der Waals surface area contributed by atoms with Crippen LogP contribution in [0.5, 0.6) is 0 Å². The number of carbonyl (C=O) groups is 3. The molecule has 1 aliphatic heterocycles. The van der Waals surface area contributed by atoms with Gasteiger partial charge in [-0.25, -0.2) is 0 Å². The number of esters is 1. The van der Waals surface area contributed by atoms with Crippen LogP contribution in [-0.4, -0.2) is 55.0 Å². The van der Waals surface area contributed by atoms with Crippen molar-refractivity contribution in [3.63, 3.8) is 0 Å². The van der Waals surface area contributed by atoms with Crippen LogP contribution in [0, 0.1) is 16.0 Å². The fraction of sp³-hybridized carbons (Fsp3) is 0.526. The predicted molar refractivity (Wildman–Crippen MR) is 105 cm³/mol. The highest BCUT2D eigenvalue weighted by atomic mass is 16.6. The Hall–Kier alpha value is -3.17. The van der Waals surface area contributed by atoms with Crippen molar-refractivity contribution in [2.75, 3.05) is 31.1 Å². The molecule has 0 radical (unpaired) electrons. The van der Waals surface area contributed by atoms with E-state index in [1.54, 1.807) is 32.0 Å². The van der Waals surface area contributed by atoms with E-state index in [0.717, 1.165) is 0 Å². The van der Waals surface area contributed by atoms with Gasteiger partial charge in [-0.05, 0) is 32.8 Å². The van der Waals surface area contributed by atoms with Gasteiger partial charge in [-0.15, -0.1) is 0 Å². The number of amides is 2. The molecule has 1 aliphatic rings. The van der Waals surface area contributed by atoms with E-state index in [4.69, 9.17) is 4.74 Å². The van der Waals surface area contributed by atoms with E-state index in [0.29, 0.717) is 38.2 Å². The average molecular weight is 406 g/mol. The fourth-order valence-electron chi connectivity index (χ4n) is 3.17. The van der Waals surface area contributed by atoms with Gasteiger partial charge in [-0.1, -0.05) is 12.1 Å². The van der Waals surface area contributed by atoms with E-state index in [2.05, 4.69) is 10.6 Å². The minimum Gasteiger partial charge on any atom is -0.455 e. The van der Waals surface area contributed by atoms with Gasteiger partial charge in [-0.3, -0.25) is 24.5 Å². The lowest BCUT2D eigenvalue weighted by Crippen LogP contribution is -2.46. The van der Waals surface area contributed by atoms with Crippen molar-refractivity contribution in [3.8, 4) is 0 Å². The monoisotopic (exact) mass is 406 g/mol. The molecule has 2 N–H and O–H groups in total. The molecule has 0 spiro atoms. The summed E-state index contributed by atoms with van der Waals surface area (Å²) in [6, 6.07) is 5.78. The van der Waals surface area contributed by atoms with Crippen molar-refractivity contribution in [1.82, 2.24) is 10.6 Å². The Bertz CT molecular complexity index is 761. The van der Waals surface area contributed by atoms with Gasteiger partial charge in [-0.2, -0.15) is 0 Å². The molecule has 0 saturated carbocycles. The van der Waals surface area contributed by atoms with Gasteiger partial charge in [0.15, 0.2) is 6.61 Å². The summed E-state index contributed by atoms with van der Waals surface area (Å²) in [4.78, 5) is 48.3. The minimum absolute atomic E-state index is 0.0337. The third-order valence-electron chi connectivity index (χ3n) is 4.71. The molecule has 158 valence electrons. The number of nitro benzene ring substituents is 1. The van der Waals surface area contributed by atoms with Crippen molar-refractivity contribution in [3.05, 3.63) is 34.4 Å². The number of nitro groups is 1. The Morgan fingerprint density at radius 2 is 1.93 bits per heavy atom. The maximum Gasteiger partial charge on any atom is 0.309 e. The molecule has 1 aromatic rings. The molecule has 0 bridgehead atoms. The van der Waals surface area contributed by atoms with E-state index in [9.17, 15) is 24.5 Å². The van der Waals surface area contributed by atoms with Gasteiger partial charge in [0.05, 0.1) is 10.8 Å². The van der Waals surface area contributed by atoms with Gasteiger partial charge < -0.3 is 20.3 Å². The summed E-state index contributed by atoms with van der Waals surface area (Å²) >= 11 is 0. The molecule has 1 fully saturated rings. The van der Waals surface area contributed by atoms with Crippen LogP contribution >= 0.6 is 0 Å². The summed E-state index contributed by atoms with van der Waals surface area (Å²) in [5.74, 6) is -1.71. The highest BCUT2D eigenvalue weighted by molar-refractivity contribution is 5.88. The normalized spacial score (nSPS) is 15.3. The van der Waals surface area contributed by atoms with E-state index in [-0.39, 0.29) is 17.5 Å². The van der Waals surface area contributed by atoms with Crippen molar-refractivity contribution in [2.45, 2.75) is 32.7 Å². The number of para-hydroxylation sites is 2. The quantitative estimate of drug-likeness (QED) is 0.374. The number of hydrogen-bond acceptors (Lipinski definition) is 7. The topological polar surface area (TPSA) is 131 Å². The molecule has 10 heteroatoms. The Labute approximate surface area is 168 Å². The Balaban J connectivity index is 1.80. The second-order valence-electron chi connectivity index (χ2n) is 6.80. The number of hydrogen-bond donors (Lipinski definition) is 2. The Morgan fingerprint density at radius 3 is 2.55 bits per heavy atom. The van der Waals surface area contributed by atoms with Gasteiger partial charge in [0, 0.05) is 25.7 Å². The first-order valence-electron chi connectivity index (χ1n) is 9.55. The Kier molecular flexibility index (Phi) is 7.93. The molecule has 0 aliphatic carbocycles. The van der Waals surface area contributed by atoms with Crippen molar-refractivity contribution in [1.29, 1.82) is 0 Å². The molecule has 1 saturated heterocycles. The third kappa shape index (κ3) is 6.16. The summed E-state index contributed by atoms with van der Waals surface area (Å²) in [6.07, 6.45) is 0.948. The molecule has 2 amide bonds. The zero-order valence-corrected chi connectivity index (χ0v) is 16.6. The molecule has 2 rings (SSSR count). The largest absolute Gasteiger partial charge is 0.455 e. The second-order valence-corrected chi connectivity index (χ2v) is 6.80. The molecular formula is C19H26N4O6. The number of benzene rings is 1. The molecule has 10 nitrogen and oxygen atoms in total. The molecular weight excluding hydrogens is 380 g/mol. The fourth-order valence-corrected chi connectivity index (χ4v) is 3.17. The smallest absolute Gasteiger partial charge is 0.309 e. The second kappa shape index (κ2) is 10.4. The highest BCUT2D eigenvalue weighted by Crippen LogP contribution is 2.31. The third-order valence-corrected chi connectivity index (χ3v) is 4.71. The van der Waals surface area contributed by atoms with Crippen LogP contribution in [-0.2, 0) is 19.1 Å². The first kappa shape index (κ1) is 22.1. The maximum atomic E-state index is 12.2. The summed E-state index contributed by atoms with van der Waals surface area (Å²) in [5.41, 5.74) is 0.564. The Morgan fingerprint density at radius 1 is 1.28 bits per heavy atom. The van der Waals surface area contributed by atoms with Gasteiger partial charge in [0.2, 0.25) is 5.91 Å². The van der Waals surface area contributed by atoms with Crippen molar-refractivity contribution in [2.24, 2.45) is 5.92 Å². The number of nitrogens with one attached hydrogen (secondary N) is 2. The summed E-state index contributed by atoms with van der Waals surface area (Å²) < 4.78 is 5.08. The number of ether oxygens (including phenoxy) is 1. The van der Waals surface area contributed by atoms with Crippen LogP contribution in [0.3, 0.4) is 0 Å². The first-order chi connectivity index (χ1) is 13.8. The number of carbonyl (C=O) groups excluding carboxylic acids is 3. The molecule has 1 atom stereocenters. The van der Waals surface area contributed by atoms with Gasteiger partial charge in [0.25, 0.3) is 11.6 Å². The zero-order valence-electron chi connectivity index (χ0n) is 16.6. The number of piperidine rings is 1. The molecule has 29 heavy (non-hydrogen) atoms. The van der Waals surface area contributed by atoms with E-state index in [1.807, 2.05) is 4.90 Å². The van der Waals surface area contributed by atoms with Crippen molar-refractivity contribution < 1.29 is 24.0 Å². The summed E-state index contributed by atoms with van der Waals surface area (Å²) in [6.45, 7) is 4.28. The van der Waals surface area contributed by atoms with Gasteiger partial charge >= 0.3 is 5.97 Å². The number of likely N-dealkylation sites (N-methyl/N-ethyl adjacent to an activating group) is 1. The van der Waals surface area contributed by atoms with E-state index < -0.39 is 29.4 Å². The summed E-state index contributed by atoms with van der Waals surface area (Å²) in [7, 11) is 0. The number of anilines is 1. The highest BCUT2D eigenvalue weighted by Gasteiger charge is 2.29. The van der Waals surface area contributed by atoms with E-state index >= 15 is 0 Å². The molecule has 0 unspecified atom stereocenters. The average Bonchev–Trinajstić information content (AvgIpc) is 2.72. The van der Waals surface area contributed by atoms with Crippen LogP contribution < -0.4 is 15.5 Å². The number of nitrogens with zero attached hydrogens (tertiary/aromatic N) is 2. The maximum absolute atomic E-state index is 12.2. The minimum atomic E-state index is -0.717. The lowest BCUT2D eigenvalue weighted by Gasteiger charge is -2.32. The standard InChI is InChI=1S/C19H26N4O6/c1-3-20-18(25)13(2)21-17(24)12-29-19(26)14-8-10-22(11-9-14)15-6-4-5-7-16(15)23(27)28/h4-7,13-14H,3,8-12H2,1-2H3,(H,20,25)(H,21,24)/t13-/m0/s1. The number of rotatable bonds is 8.